The maximum absolute atomic E-state index is 13.4. The molecule has 0 saturated carbocycles. The largest absolute Gasteiger partial charge is 0.478 e. The highest BCUT2D eigenvalue weighted by Gasteiger charge is 2.33. The van der Waals surface area contributed by atoms with Crippen LogP contribution in [0.2, 0.25) is 10.0 Å². The van der Waals surface area contributed by atoms with Gasteiger partial charge in [0.2, 0.25) is 9.84 Å². The minimum absolute atomic E-state index is 0.113. The van der Waals surface area contributed by atoms with E-state index in [9.17, 15) is 18.3 Å². The maximum atomic E-state index is 13.4. The van der Waals surface area contributed by atoms with Gasteiger partial charge in [0, 0.05) is 34.7 Å². The fourth-order valence-electron chi connectivity index (χ4n) is 3.31. The summed E-state index contributed by atoms with van der Waals surface area (Å²) in [6, 6.07) is 9.12. The number of benzene rings is 2. The van der Waals surface area contributed by atoms with Gasteiger partial charge < -0.3 is 20.5 Å². The van der Waals surface area contributed by atoms with Crippen LogP contribution in [-0.4, -0.2) is 49.6 Å². The number of aromatic carboxylic acids is 1. The van der Waals surface area contributed by atoms with Gasteiger partial charge in [-0.25, -0.2) is 13.2 Å². The molecule has 1 aliphatic heterocycles. The number of sulfone groups is 1. The van der Waals surface area contributed by atoms with E-state index in [4.69, 9.17) is 27.9 Å². The molecule has 4 rings (SSSR count). The number of rotatable bonds is 5. The molecule has 1 saturated heterocycles. The molecule has 0 radical (unpaired) electrons. The molecule has 1 atom stereocenters. The summed E-state index contributed by atoms with van der Waals surface area (Å²) in [5.41, 5.74) is -0.405. The summed E-state index contributed by atoms with van der Waals surface area (Å²) in [6.45, 7) is 0.923. The minimum atomic E-state index is -3.98. The number of hydrogen-bond acceptors (Lipinski definition) is 7. The predicted molar refractivity (Wildman–Crippen MR) is 118 cm³/mol. The third-order valence-corrected chi connectivity index (χ3v) is 7.20. The topological polar surface area (TPSA) is 118 Å². The van der Waals surface area contributed by atoms with Gasteiger partial charge in [0.05, 0.1) is 29.1 Å². The van der Waals surface area contributed by atoms with Gasteiger partial charge in [-0.05, 0) is 36.4 Å². The monoisotopic (exact) mass is 481 g/mol. The summed E-state index contributed by atoms with van der Waals surface area (Å²) < 4.78 is 32.2. The number of carbonyl (C=O) groups is 1. The van der Waals surface area contributed by atoms with Crippen LogP contribution in [0.15, 0.2) is 47.5 Å². The zero-order valence-electron chi connectivity index (χ0n) is 15.9. The normalized spacial score (nSPS) is 16.9. The fraction of sp³-hybridized carbons (Fsp3) is 0.200. The van der Waals surface area contributed by atoms with Gasteiger partial charge in [-0.1, -0.05) is 23.2 Å². The van der Waals surface area contributed by atoms with Crippen LogP contribution in [0.3, 0.4) is 0 Å². The van der Waals surface area contributed by atoms with Crippen molar-refractivity contribution >= 4 is 61.3 Å². The van der Waals surface area contributed by atoms with Gasteiger partial charge >= 0.3 is 5.97 Å². The highest BCUT2D eigenvalue weighted by molar-refractivity contribution is 7.92. The summed E-state index contributed by atoms with van der Waals surface area (Å²) in [5, 5.41) is 16.6. The number of fused-ring (bicyclic) bond motifs is 1. The molecule has 0 spiro atoms. The van der Waals surface area contributed by atoms with E-state index in [0.717, 1.165) is 0 Å². The zero-order chi connectivity index (χ0) is 22.2. The van der Waals surface area contributed by atoms with Crippen molar-refractivity contribution in [1.29, 1.82) is 0 Å². The molecule has 1 unspecified atom stereocenters. The van der Waals surface area contributed by atoms with Crippen molar-refractivity contribution in [1.82, 2.24) is 10.3 Å². The van der Waals surface area contributed by atoms with Crippen molar-refractivity contribution in [2.24, 2.45) is 0 Å². The quantitative estimate of drug-likeness (QED) is 0.504. The molecule has 162 valence electrons. The van der Waals surface area contributed by atoms with Crippen LogP contribution in [0.4, 0.5) is 11.4 Å². The fourth-order valence-corrected chi connectivity index (χ4v) is 5.20. The molecule has 0 bridgehead atoms. The second-order valence-electron chi connectivity index (χ2n) is 6.83. The number of hydrogen-bond donors (Lipinski definition) is 3. The van der Waals surface area contributed by atoms with Crippen LogP contribution >= 0.6 is 23.2 Å². The molecule has 1 aliphatic rings. The Morgan fingerprint density at radius 1 is 1.19 bits per heavy atom. The Bertz CT molecular complexity index is 1280. The highest BCUT2D eigenvalue weighted by Crippen LogP contribution is 2.36. The standard InChI is InChI=1S/C20H17Cl2N3O5S/c21-11-1-3-15-13(7-11)19(25-16-4-2-12(22)8-14(16)20(26)27)17(9-24-15)31(28,29)18-10-23-5-6-30-18/h1-4,7-9,18,23H,5-6,10H2,(H,24,25)(H,26,27). The molecule has 2 aromatic carbocycles. The number of anilines is 2. The predicted octanol–water partition coefficient (Wildman–Crippen LogP) is 3.70. The van der Waals surface area contributed by atoms with Gasteiger partial charge in [-0.3, -0.25) is 4.98 Å². The van der Waals surface area contributed by atoms with E-state index in [2.05, 4.69) is 15.6 Å². The first-order valence-corrected chi connectivity index (χ1v) is 11.5. The first-order chi connectivity index (χ1) is 14.8. The van der Waals surface area contributed by atoms with Crippen molar-refractivity contribution in [2.45, 2.75) is 10.3 Å². The summed E-state index contributed by atoms with van der Waals surface area (Å²) in [6.07, 6.45) is 1.24. The van der Waals surface area contributed by atoms with Crippen LogP contribution in [0.1, 0.15) is 10.4 Å². The van der Waals surface area contributed by atoms with E-state index >= 15 is 0 Å². The molecular weight excluding hydrogens is 465 g/mol. The summed E-state index contributed by atoms with van der Waals surface area (Å²) in [7, 11) is -3.98. The summed E-state index contributed by atoms with van der Waals surface area (Å²) >= 11 is 12.1. The van der Waals surface area contributed by atoms with E-state index in [1.807, 2.05) is 0 Å². The first kappa shape index (κ1) is 21.8. The van der Waals surface area contributed by atoms with Crippen molar-refractivity contribution in [3.63, 3.8) is 0 Å². The van der Waals surface area contributed by atoms with Gasteiger partial charge in [0.15, 0.2) is 5.44 Å². The van der Waals surface area contributed by atoms with Crippen molar-refractivity contribution < 1.29 is 23.1 Å². The number of ether oxygens (including phenoxy) is 1. The van der Waals surface area contributed by atoms with E-state index in [-0.39, 0.29) is 40.0 Å². The third-order valence-electron chi connectivity index (χ3n) is 4.81. The van der Waals surface area contributed by atoms with Crippen molar-refractivity contribution in [3.8, 4) is 0 Å². The number of morpholine rings is 1. The Balaban J connectivity index is 1.93. The molecule has 3 aromatic rings. The van der Waals surface area contributed by atoms with Crippen molar-refractivity contribution in [2.75, 3.05) is 25.0 Å². The lowest BCUT2D eigenvalue weighted by atomic mass is 10.1. The van der Waals surface area contributed by atoms with Gasteiger partial charge in [0.1, 0.15) is 4.90 Å². The molecule has 3 N–H and O–H groups in total. The van der Waals surface area contributed by atoms with E-state index in [1.54, 1.807) is 18.2 Å². The summed E-state index contributed by atoms with van der Waals surface area (Å²) in [5.74, 6) is -1.22. The molecule has 1 aromatic heterocycles. The third kappa shape index (κ3) is 4.32. The summed E-state index contributed by atoms with van der Waals surface area (Å²) in [4.78, 5) is 15.9. The number of halogens is 2. The number of carboxylic acid groups (broad SMARTS) is 1. The lowest BCUT2D eigenvalue weighted by Crippen LogP contribution is -2.43. The van der Waals surface area contributed by atoms with Gasteiger partial charge in [0.25, 0.3) is 0 Å². The zero-order valence-corrected chi connectivity index (χ0v) is 18.3. The van der Waals surface area contributed by atoms with E-state index in [0.29, 0.717) is 22.5 Å². The van der Waals surface area contributed by atoms with Crippen LogP contribution < -0.4 is 10.6 Å². The number of carboxylic acids is 1. The molecule has 1 fully saturated rings. The van der Waals surface area contributed by atoms with Gasteiger partial charge in [-0.2, -0.15) is 0 Å². The molecule has 31 heavy (non-hydrogen) atoms. The lowest BCUT2D eigenvalue weighted by Gasteiger charge is -2.25. The first-order valence-electron chi connectivity index (χ1n) is 9.22. The Hall–Kier alpha value is -2.43. The lowest BCUT2D eigenvalue weighted by molar-refractivity contribution is 0.0698. The van der Waals surface area contributed by atoms with Crippen LogP contribution in [-0.2, 0) is 14.6 Å². The Morgan fingerprint density at radius 2 is 1.94 bits per heavy atom. The molecular formula is C20H17Cl2N3O5S. The Morgan fingerprint density at radius 3 is 2.65 bits per heavy atom. The maximum Gasteiger partial charge on any atom is 0.337 e. The number of pyridine rings is 1. The van der Waals surface area contributed by atoms with E-state index < -0.39 is 21.2 Å². The average Bonchev–Trinajstić information content (AvgIpc) is 2.75. The van der Waals surface area contributed by atoms with Crippen LogP contribution in [0.5, 0.6) is 0 Å². The van der Waals surface area contributed by atoms with E-state index in [1.165, 1.54) is 24.4 Å². The number of nitrogens with zero attached hydrogens (tertiary/aromatic N) is 1. The molecule has 0 aliphatic carbocycles. The SMILES string of the molecule is O=C(O)c1cc(Cl)ccc1Nc1c(S(=O)(=O)C2CNCCO2)cnc2ccc(Cl)cc12. The minimum Gasteiger partial charge on any atom is -0.478 e. The Kier molecular flexibility index (Phi) is 6.05. The molecule has 8 nitrogen and oxygen atoms in total. The second kappa shape index (κ2) is 8.60. The van der Waals surface area contributed by atoms with Gasteiger partial charge in [-0.15, -0.1) is 0 Å². The second-order valence-corrected chi connectivity index (χ2v) is 9.76. The smallest absolute Gasteiger partial charge is 0.337 e. The van der Waals surface area contributed by atoms with Crippen LogP contribution in [0.25, 0.3) is 10.9 Å². The number of nitrogens with one attached hydrogen (secondary N) is 2. The average molecular weight is 482 g/mol. The molecule has 2 heterocycles. The molecule has 0 amide bonds. The van der Waals surface area contributed by atoms with Crippen molar-refractivity contribution in [3.05, 3.63) is 58.2 Å². The Labute approximate surface area is 188 Å². The van der Waals surface area contributed by atoms with Crippen LogP contribution in [0, 0.1) is 0 Å². The highest BCUT2D eigenvalue weighted by atomic mass is 35.5. The molecule has 11 heteroatoms. The number of aromatic nitrogens is 1.